The smallest absolute Gasteiger partial charge is 0.336 e. The number of carboxylic acids is 2. The molecule has 2 aromatic carbocycles. The van der Waals surface area contributed by atoms with Gasteiger partial charge in [-0.1, -0.05) is 53.7 Å². The van der Waals surface area contributed by atoms with E-state index >= 15 is 0 Å². The van der Waals surface area contributed by atoms with Gasteiger partial charge in [-0.05, 0) is 58.1 Å². The molecule has 2 rings (SSSR count). The van der Waals surface area contributed by atoms with E-state index in [2.05, 4.69) is 0 Å². The fourth-order valence-electron chi connectivity index (χ4n) is 3.83. The van der Waals surface area contributed by atoms with Crippen LogP contribution in [0.25, 0.3) is 0 Å². The van der Waals surface area contributed by atoms with Gasteiger partial charge in [0.1, 0.15) is 0 Å². The zero-order valence-corrected chi connectivity index (χ0v) is 18.6. The average Bonchev–Trinajstić information content (AvgIpc) is 2.58. The molecule has 6 N–H and O–H groups in total. The first kappa shape index (κ1) is 23.3. The van der Waals surface area contributed by atoms with Crippen LogP contribution in [0.2, 0.25) is 0 Å². The van der Waals surface area contributed by atoms with Crippen LogP contribution >= 0.6 is 0 Å². The summed E-state index contributed by atoms with van der Waals surface area (Å²) in [5.41, 5.74) is 16.1. The van der Waals surface area contributed by atoms with Crippen molar-refractivity contribution in [2.24, 2.45) is 0 Å². The number of rotatable bonds is 5. The quantitative estimate of drug-likeness (QED) is 0.530. The lowest BCUT2D eigenvalue weighted by molar-refractivity contribution is 0.0684. The molecule has 0 saturated heterocycles. The van der Waals surface area contributed by atoms with E-state index in [1.165, 1.54) is 0 Å². The summed E-state index contributed by atoms with van der Waals surface area (Å²) in [5.74, 6) is -2.13. The Morgan fingerprint density at radius 3 is 1.23 bits per heavy atom. The van der Waals surface area contributed by atoms with Gasteiger partial charge in [-0.3, -0.25) is 0 Å². The molecule has 162 valence electrons. The number of hydrogen-bond acceptors (Lipinski definition) is 4. The predicted molar refractivity (Wildman–Crippen MR) is 120 cm³/mol. The highest BCUT2D eigenvalue weighted by Gasteiger charge is 2.25. The Labute approximate surface area is 177 Å². The second-order valence-electron chi connectivity index (χ2n) is 9.72. The van der Waals surface area contributed by atoms with Crippen LogP contribution in [0.15, 0.2) is 24.3 Å². The largest absolute Gasteiger partial charge is 0.478 e. The van der Waals surface area contributed by atoms with Crippen LogP contribution in [0.4, 0.5) is 11.4 Å². The summed E-state index contributed by atoms with van der Waals surface area (Å²) < 4.78 is 0. The lowest BCUT2D eigenvalue weighted by Crippen LogP contribution is -2.19. The number of carbonyl (C=O) groups is 2. The van der Waals surface area contributed by atoms with Crippen molar-refractivity contribution < 1.29 is 19.8 Å². The standard InChI is InChI=1S/C24H32N2O4/c1-23(2,3)17-11-9-15(21(27)28)13(19(17)25)7-8-14-16(22(29)30)10-12-18(20(14)26)24(4,5)6/h9-12H,7-8,25-26H2,1-6H3,(H,27,28)(H,29,30). The molecule has 0 atom stereocenters. The molecule has 0 unspecified atom stereocenters. The van der Waals surface area contributed by atoms with Gasteiger partial charge in [0.05, 0.1) is 11.1 Å². The number of anilines is 2. The maximum Gasteiger partial charge on any atom is 0.336 e. The lowest BCUT2D eigenvalue weighted by atomic mass is 9.81. The van der Waals surface area contributed by atoms with Crippen molar-refractivity contribution in [1.82, 2.24) is 0 Å². The molecule has 0 saturated carbocycles. The van der Waals surface area contributed by atoms with Crippen molar-refractivity contribution in [2.45, 2.75) is 65.2 Å². The summed E-state index contributed by atoms with van der Waals surface area (Å²) in [6, 6.07) is 6.64. The molecule has 30 heavy (non-hydrogen) atoms. The maximum absolute atomic E-state index is 11.8. The highest BCUT2D eigenvalue weighted by Crippen LogP contribution is 2.35. The van der Waals surface area contributed by atoms with Gasteiger partial charge in [0, 0.05) is 11.4 Å². The minimum absolute atomic E-state index is 0.128. The van der Waals surface area contributed by atoms with Crippen LogP contribution < -0.4 is 11.5 Å². The number of hydrogen-bond donors (Lipinski definition) is 4. The Balaban J connectivity index is 2.61. The molecule has 0 amide bonds. The first-order valence-electron chi connectivity index (χ1n) is 9.96. The molecule has 0 spiro atoms. The normalized spacial score (nSPS) is 12.1. The van der Waals surface area contributed by atoms with Crippen LogP contribution in [0.1, 0.15) is 84.5 Å². The number of nitrogens with two attached hydrogens (primary N) is 2. The van der Waals surface area contributed by atoms with Crippen molar-refractivity contribution in [1.29, 1.82) is 0 Å². The molecule has 6 nitrogen and oxygen atoms in total. The zero-order valence-electron chi connectivity index (χ0n) is 18.6. The van der Waals surface area contributed by atoms with Crippen LogP contribution in [0.5, 0.6) is 0 Å². The van der Waals surface area contributed by atoms with Gasteiger partial charge < -0.3 is 21.7 Å². The van der Waals surface area contributed by atoms with Gasteiger partial charge in [0.15, 0.2) is 0 Å². The lowest BCUT2D eigenvalue weighted by Gasteiger charge is -2.25. The Hall–Kier alpha value is -3.02. The SMILES string of the molecule is CC(C)(C)c1ccc(C(=O)O)c(CCc2c(C(=O)O)ccc(C(C)(C)C)c2N)c1N. The third-order valence-corrected chi connectivity index (χ3v) is 5.42. The van der Waals surface area contributed by atoms with Crippen LogP contribution in [0, 0.1) is 0 Å². The van der Waals surface area contributed by atoms with E-state index in [4.69, 9.17) is 11.5 Å². The Morgan fingerprint density at radius 1 is 0.700 bits per heavy atom. The van der Waals surface area contributed by atoms with Gasteiger partial charge in [0.25, 0.3) is 0 Å². The summed E-state index contributed by atoms with van der Waals surface area (Å²) in [5, 5.41) is 19.3. The van der Waals surface area contributed by atoms with Gasteiger partial charge >= 0.3 is 11.9 Å². The molecule has 0 heterocycles. The number of carboxylic acid groups (broad SMARTS) is 2. The van der Waals surface area contributed by atoms with E-state index in [0.717, 1.165) is 11.1 Å². The minimum Gasteiger partial charge on any atom is -0.478 e. The summed E-state index contributed by atoms with van der Waals surface area (Å²) in [6.07, 6.45) is 0.547. The van der Waals surface area contributed by atoms with Crippen molar-refractivity contribution in [3.05, 3.63) is 57.6 Å². The van der Waals surface area contributed by atoms with E-state index in [-0.39, 0.29) is 34.8 Å². The maximum atomic E-state index is 11.8. The van der Waals surface area contributed by atoms with Crippen molar-refractivity contribution in [3.8, 4) is 0 Å². The highest BCUT2D eigenvalue weighted by molar-refractivity contribution is 5.93. The molecule has 0 bridgehead atoms. The van der Waals surface area contributed by atoms with Crippen LogP contribution in [-0.4, -0.2) is 22.2 Å². The molecule has 2 aromatic rings. The van der Waals surface area contributed by atoms with E-state index in [0.29, 0.717) is 22.5 Å². The molecule has 0 fully saturated rings. The second-order valence-corrected chi connectivity index (χ2v) is 9.72. The van der Waals surface area contributed by atoms with Crippen LogP contribution in [0.3, 0.4) is 0 Å². The molecule has 6 heteroatoms. The summed E-state index contributed by atoms with van der Waals surface area (Å²) in [6.45, 7) is 12.1. The molecular formula is C24H32N2O4. The van der Waals surface area contributed by atoms with Gasteiger partial charge in [-0.15, -0.1) is 0 Å². The fraction of sp³-hybridized carbons (Fsp3) is 0.417. The first-order chi connectivity index (χ1) is 13.7. The third-order valence-electron chi connectivity index (χ3n) is 5.42. The van der Waals surface area contributed by atoms with Crippen molar-refractivity contribution >= 4 is 23.3 Å². The topological polar surface area (TPSA) is 127 Å². The molecule has 0 aliphatic carbocycles. The minimum atomic E-state index is -1.06. The molecule has 0 aliphatic rings. The van der Waals surface area contributed by atoms with E-state index in [1.54, 1.807) is 24.3 Å². The number of aromatic carboxylic acids is 2. The van der Waals surface area contributed by atoms with Gasteiger partial charge in [-0.25, -0.2) is 9.59 Å². The summed E-state index contributed by atoms with van der Waals surface area (Å²) >= 11 is 0. The van der Waals surface area contributed by atoms with Gasteiger partial charge in [-0.2, -0.15) is 0 Å². The Morgan fingerprint density at radius 2 is 1.00 bits per heavy atom. The molecular weight excluding hydrogens is 380 g/mol. The Kier molecular flexibility index (Phi) is 6.21. The van der Waals surface area contributed by atoms with Crippen molar-refractivity contribution in [2.75, 3.05) is 11.5 Å². The summed E-state index contributed by atoms with van der Waals surface area (Å²) in [4.78, 5) is 23.6. The van der Waals surface area contributed by atoms with Crippen LogP contribution in [-0.2, 0) is 23.7 Å². The molecule has 0 aromatic heterocycles. The van der Waals surface area contributed by atoms with E-state index < -0.39 is 11.9 Å². The zero-order chi connectivity index (χ0) is 23.0. The average molecular weight is 413 g/mol. The van der Waals surface area contributed by atoms with E-state index in [9.17, 15) is 19.8 Å². The monoisotopic (exact) mass is 412 g/mol. The fourth-order valence-corrected chi connectivity index (χ4v) is 3.83. The number of benzene rings is 2. The van der Waals surface area contributed by atoms with Crippen molar-refractivity contribution in [3.63, 3.8) is 0 Å². The first-order valence-corrected chi connectivity index (χ1v) is 9.96. The Bertz CT molecular complexity index is 914. The molecule has 0 aliphatic heterocycles. The highest BCUT2D eigenvalue weighted by atomic mass is 16.4. The third kappa shape index (κ3) is 4.58. The second kappa shape index (κ2) is 8.01. The number of nitrogen functional groups attached to an aromatic ring is 2. The summed E-state index contributed by atoms with van der Waals surface area (Å²) in [7, 11) is 0. The predicted octanol–water partition coefficient (Wildman–Crippen LogP) is 4.63. The molecule has 0 radical (unpaired) electrons. The van der Waals surface area contributed by atoms with E-state index in [1.807, 2.05) is 41.5 Å². The van der Waals surface area contributed by atoms with Gasteiger partial charge in [0.2, 0.25) is 0 Å².